The van der Waals surface area contributed by atoms with Crippen LogP contribution in [-0.4, -0.2) is 12.3 Å². The van der Waals surface area contributed by atoms with Gasteiger partial charge in [0, 0.05) is 18.2 Å². The number of nitrogens with one attached hydrogen (secondary N) is 1. The average molecular weight is 210 g/mol. The van der Waals surface area contributed by atoms with Gasteiger partial charge in [0.15, 0.2) is 0 Å². The largest absolute Gasteiger partial charge is 0.309 e. The molecule has 2 nitrogen and oxygen atoms in total. The van der Waals surface area contributed by atoms with Gasteiger partial charge in [-0.05, 0) is 19.3 Å². The summed E-state index contributed by atoms with van der Waals surface area (Å²) in [6.07, 6.45) is 10.6. The number of rotatable bonds is 8. The maximum absolute atomic E-state index is 4.43. The summed E-state index contributed by atoms with van der Waals surface area (Å²) in [5.74, 6) is 0.744. The molecule has 0 aromatic carbocycles. The van der Waals surface area contributed by atoms with Crippen LogP contribution in [0.4, 0.5) is 0 Å². The summed E-state index contributed by atoms with van der Waals surface area (Å²) in [4.78, 5) is 0. The zero-order chi connectivity index (χ0) is 10.9. The molecule has 1 aliphatic rings. The van der Waals surface area contributed by atoms with E-state index in [0.29, 0.717) is 0 Å². The Bertz CT molecular complexity index is 187. The smallest absolute Gasteiger partial charge is 0.0427 e. The maximum atomic E-state index is 4.43. The van der Waals surface area contributed by atoms with Crippen molar-refractivity contribution in [3.05, 3.63) is 0 Å². The molecule has 0 bridgehead atoms. The van der Waals surface area contributed by atoms with Gasteiger partial charge in [-0.3, -0.25) is 0 Å². The Balaban J connectivity index is 2.17. The SMILES string of the molecule is CCCCCC1=NNCC1CCCCC. The average Bonchev–Trinajstić information content (AvgIpc) is 2.67. The third-order valence-corrected chi connectivity index (χ3v) is 3.22. The third kappa shape index (κ3) is 4.67. The van der Waals surface area contributed by atoms with Crippen LogP contribution >= 0.6 is 0 Å². The zero-order valence-electron chi connectivity index (χ0n) is 10.4. The minimum absolute atomic E-state index is 0.744. The fourth-order valence-corrected chi connectivity index (χ4v) is 2.19. The lowest BCUT2D eigenvalue weighted by atomic mass is 9.94. The van der Waals surface area contributed by atoms with Gasteiger partial charge in [0.2, 0.25) is 0 Å². The van der Waals surface area contributed by atoms with Crippen molar-refractivity contribution in [2.45, 2.75) is 65.2 Å². The van der Waals surface area contributed by atoms with E-state index in [0.717, 1.165) is 12.5 Å². The van der Waals surface area contributed by atoms with E-state index in [1.165, 1.54) is 57.1 Å². The fraction of sp³-hybridized carbons (Fsp3) is 0.923. The van der Waals surface area contributed by atoms with Crippen molar-refractivity contribution in [2.75, 3.05) is 6.54 Å². The Morgan fingerprint density at radius 3 is 2.60 bits per heavy atom. The van der Waals surface area contributed by atoms with Gasteiger partial charge in [-0.2, -0.15) is 5.10 Å². The van der Waals surface area contributed by atoms with Crippen LogP contribution in [0.2, 0.25) is 0 Å². The molecule has 1 rings (SSSR count). The monoisotopic (exact) mass is 210 g/mol. The minimum atomic E-state index is 0.744. The van der Waals surface area contributed by atoms with E-state index in [-0.39, 0.29) is 0 Å². The van der Waals surface area contributed by atoms with Gasteiger partial charge in [-0.1, -0.05) is 46.0 Å². The first kappa shape index (κ1) is 12.5. The summed E-state index contributed by atoms with van der Waals surface area (Å²) in [6.45, 7) is 5.61. The van der Waals surface area contributed by atoms with Crippen LogP contribution in [0.15, 0.2) is 5.10 Å². The molecule has 0 aromatic heterocycles. The number of hydrogen-bond acceptors (Lipinski definition) is 2. The predicted octanol–water partition coefficient (Wildman–Crippen LogP) is 3.72. The molecule has 0 saturated heterocycles. The highest BCUT2D eigenvalue weighted by molar-refractivity contribution is 5.87. The second-order valence-corrected chi connectivity index (χ2v) is 4.62. The van der Waals surface area contributed by atoms with Crippen molar-refractivity contribution in [3.8, 4) is 0 Å². The molecule has 15 heavy (non-hydrogen) atoms. The Kier molecular flexibility index (Phi) is 6.45. The molecule has 1 aliphatic heterocycles. The standard InChI is InChI=1S/C13H26N2/c1-3-5-7-9-12-11-14-15-13(12)10-8-6-4-2/h12,14H,3-11H2,1-2H3. The Hall–Kier alpha value is -0.530. The molecule has 1 heterocycles. The van der Waals surface area contributed by atoms with Gasteiger partial charge >= 0.3 is 0 Å². The summed E-state index contributed by atoms with van der Waals surface area (Å²) in [5, 5.41) is 4.43. The molecular formula is C13H26N2. The van der Waals surface area contributed by atoms with Crippen molar-refractivity contribution < 1.29 is 0 Å². The molecule has 0 amide bonds. The number of hydrogen-bond donors (Lipinski definition) is 1. The molecule has 1 unspecified atom stereocenters. The fourth-order valence-electron chi connectivity index (χ4n) is 2.19. The predicted molar refractivity (Wildman–Crippen MR) is 67.2 cm³/mol. The van der Waals surface area contributed by atoms with Crippen molar-refractivity contribution in [2.24, 2.45) is 11.0 Å². The lowest BCUT2D eigenvalue weighted by Gasteiger charge is -2.11. The number of nitrogens with zero attached hydrogens (tertiary/aromatic N) is 1. The molecule has 0 fully saturated rings. The maximum Gasteiger partial charge on any atom is 0.0427 e. The van der Waals surface area contributed by atoms with Gasteiger partial charge in [0.25, 0.3) is 0 Å². The van der Waals surface area contributed by atoms with E-state index in [1.54, 1.807) is 0 Å². The van der Waals surface area contributed by atoms with Crippen LogP contribution in [0.3, 0.4) is 0 Å². The van der Waals surface area contributed by atoms with Crippen molar-refractivity contribution >= 4 is 5.71 Å². The molecule has 1 atom stereocenters. The lowest BCUT2D eigenvalue weighted by molar-refractivity contribution is 0.554. The van der Waals surface area contributed by atoms with Crippen molar-refractivity contribution in [1.29, 1.82) is 0 Å². The molecule has 0 aromatic rings. The van der Waals surface area contributed by atoms with Gasteiger partial charge in [0.1, 0.15) is 0 Å². The van der Waals surface area contributed by atoms with Crippen molar-refractivity contribution in [1.82, 2.24) is 5.43 Å². The van der Waals surface area contributed by atoms with E-state index >= 15 is 0 Å². The highest BCUT2D eigenvalue weighted by atomic mass is 15.3. The topological polar surface area (TPSA) is 24.4 Å². The first-order valence-corrected chi connectivity index (χ1v) is 6.67. The van der Waals surface area contributed by atoms with E-state index in [2.05, 4.69) is 24.4 Å². The lowest BCUT2D eigenvalue weighted by Crippen LogP contribution is -2.15. The summed E-state index contributed by atoms with van der Waals surface area (Å²) >= 11 is 0. The highest BCUT2D eigenvalue weighted by Crippen LogP contribution is 2.18. The Morgan fingerprint density at radius 1 is 1.13 bits per heavy atom. The molecule has 0 spiro atoms. The number of hydrazone groups is 1. The quantitative estimate of drug-likeness (QED) is 0.607. The first-order valence-electron chi connectivity index (χ1n) is 6.67. The van der Waals surface area contributed by atoms with Crippen LogP contribution in [0, 0.1) is 5.92 Å². The molecule has 1 N–H and O–H groups in total. The van der Waals surface area contributed by atoms with Crippen LogP contribution < -0.4 is 5.43 Å². The second kappa shape index (κ2) is 7.72. The molecule has 2 heteroatoms. The van der Waals surface area contributed by atoms with Crippen LogP contribution in [0.25, 0.3) is 0 Å². The zero-order valence-corrected chi connectivity index (χ0v) is 10.4. The second-order valence-electron chi connectivity index (χ2n) is 4.62. The van der Waals surface area contributed by atoms with E-state index in [9.17, 15) is 0 Å². The molecular weight excluding hydrogens is 184 g/mol. The Morgan fingerprint density at radius 2 is 1.87 bits per heavy atom. The first-order chi connectivity index (χ1) is 7.38. The van der Waals surface area contributed by atoms with Crippen LogP contribution in [0.5, 0.6) is 0 Å². The van der Waals surface area contributed by atoms with E-state index in [1.807, 2.05) is 0 Å². The minimum Gasteiger partial charge on any atom is -0.309 e. The highest BCUT2D eigenvalue weighted by Gasteiger charge is 2.19. The molecule has 0 saturated carbocycles. The normalized spacial score (nSPS) is 20.1. The molecule has 0 radical (unpaired) electrons. The summed E-state index contributed by atoms with van der Waals surface area (Å²) in [7, 11) is 0. The molecule has 88 valence electrons. The van der Waals surface area contributed by atoms with E-state index in [4.69, 9.17) is 0 Å². The summed E-state index contributed by atoms with van der Waals surface area (Å²) in [5.41, 5.74) is 4.61. The van der Waals surface area contributed by atoms with Crippen LogP contribution in [0.1, 0.15) is 65.2 Å². The van der Waals surface area contributed by atoms with Gasteiger partial charge in [-0.25, -0.2) is 0 Å². The number of unbranched alkanes of at least 4 members (excludes halogenated alkanes) is 4. The Labute approximate surface area is 94.5 Å². The van der Waals surface area contributed by atoms with E-state index < -0.39 is 0 Å². The third-order valence-electron chi connectivity index (χ3n) is 3.22. The van der Waals surface area contributed by atoms with Crippen LogP contribution in [-0.2, 0) is 0 Å². The summed E-state index contributed by atoms with van der Waals surface area (Å²) in [6, 6.07) is 0. The van der Waals surface area contributed by atoms with Gasteiger partial charge in [0.05, 0.1) is 0 Å². The van der Waals surface area contributed by atoms with Crippen molar-refractivity contribution in [3.63, 3.8) is 0 Å². The summed E-state index contributed by atoms with van der Waals surface area (Å²) < 4.78 is 0. The van der Waals surface area contributed by atoms with Gasteiger partial charge < -0.3 is 5.43 Å². The van der Waals surface area contributed by atoms with Gasteiger partial charge in [-0.15, -0.1) is 0 Å². The molecule has 0 aliphatic carbocycles.